The van der Waals surface area contributed by atoms with Gasteiger partial charge in [0.05, 0.1) is 29.9 Å². The maximum atomic E-state index is 10.6. The van der Waals surface area contributed by atoms with E-state index in [0.717, 1.165) is 21.5 Å². The number of anilines is 2. The van der Waals surface area contributed by atoms with Crippen molar-refractivity contribution in [1.82, 2.24) is 9.97 Å². The van der Waals surface area contributed by atoms with Crippen LogP contribution in [0.15, 0.2) is 47.8 Å². The normalized spacial score (nSPS) is 22.7. The van der Waals surface area contributed by atoms with Gasteiger partial charge < -0.3 is 26.0 Å². The van der Waals surface area contributed by atoms with E-state index < -0.39 is 18.2 Å². The van der Waals surface area contributed by atoms with Gasteiger partial charge in [-0.3, -0.25) is 0 Å². The summed E-state index contributed by atoms with van der Waals surface area (Å²) >= 11 is 3.34. The van der Waals surface area contributed by atoms with E-state index in [2.05, 4.69) is 34.9 Å². The Balaban J connectivity index is 1.52. The van der Waals surface area contributed by atoms with Crippen LogP contribution in [0.25, 0.3) is 20.5 Å². The number of aliphatic hydroxyl groups is 3. The third-order valence-electron chi connectivity index (χ3n) is 6.12. The van der Waals surface area contributed by atoms with Gasteiger partial charge in [-0.05, 0) is 42.3 Å². The Kier molecular flexibility index (Phi) is 6.31. The van der Waals surface area contributed by atoms with Crippen LogP contribution in [0.5, 0.6) is 0 Å². The Morgan fingerprint density at radius 2 is 1.94 bits per heavy atom. The molecule has 3 aromatic heterocycles. The number of hydrogen-bond acceptors (Lipinski definition) is 9. The molecular formula is C24H26N4O3S2. The van der Waals surface area contributed by atoms with Crippen LogP contribution in [0.3, 0.4) is 0 Å². The van der Waals surface area contributed by atoms with Gasteiger partial charge in [0.15, 0.2) is 0 Å². The van der Waals surface area contributed by atoms with Crippen LogP contribution in [0.2, 0.25) is 0 Å². The monoisotopic (exact) mass is 482 g/mol. The predicted molar refractivity (Wildman–Crippen MR) is 134 cm³/mol. The summed E-state index contributed by atoms with van der Waals surface area (Å²) in [6.45, 7) is 2.41. The number of nitrogens with zero attached hydrogens (tertiary/aromatic N) is 2. The van der Waals surface area contributed by atoms with E-state index in [0.29, 0.717) is 24.7 Å². The number of nitrogens with one attached hydrogen (secondary N) is 2. The third-order valence-corrected chi connectivity index (χ3v) is 8.13. The quantitative estimate of drug-likeness (QED) is 0.272. The molecule has 4 aromatic rings. The van der Waals surface area contributed by atoms with Crippen LogP contribution in [0.1, 0.15) is 17.0 Å². The lowest BCUT2D eigenvalue weighted by Crippen LogP contribution is -2.35. The molecule has 0 radical (unpaired) electrons. The van der Waals surface area contributed by atoms with Crippen LogP contribution in [0, 0.1) is 12.8 Å². The highest BCUT2D eigenvalue weighted by molar-refractivity contribution is 7.22. The van der Waals surface area contributed by atoms with Gasteiger partial charge in [0.25, 0.3) is 0 Å². The van der Waals surface area contributed by atoms with Crippen molar-refractivity contribution in [2.45, 2.75) is 38.1 Å². The van der Waals surface area contributed by atoms with E-state index in [-0.39, 0.29) is 12.5 Å². The minimum atomic E-state index is -0.991. The van der Waals surface area contributed by atoms with Crippen molar-refractivity contribution in [1.29, 1.82) is 0 Å². The largest absolute Gasteiger partial charge is 0.396 e. The molecule has 4 atom stereocenters. The molecule has 1 aliphatic rings. The summed E-state index contributed by atoms with van der Waals surface area (Å²) in [6.07, 6.45) is -1.51. The summed E-state index contributed by atoms with van der Waals surface area (Å²) in [5, 5.41) is 40.3. The Labute approximate surface area is 199 Å². The molecule has 0 amide bonds. The SMILES string of the molecule is Cc1nc(NCc2cccs2)nc(N[C@@H]2C[C@H](CO)[C@@H](O)[C@H]2O)c1-c1cc2ccccc2s1. The molecule has 9 heteroatoms. The maximum absolute atomic E-state index is 10.6. The second-order valence-corrected chi connectivity index (χ2v) is 10.5. The van der Waals surface area contributed by atoms with Gasteiger partial charge in [0.1, 0.15) is 11.9 Å². The lowest BCUT2D eigenvalue weighted by Gasteiger charge is -2.21. The van der Waals surface area contributed by atoms with E-state index in [9.17, 15) is 15.3 Å². The van der Waals surface area contributed by atoms with Crippen molar-refractivity contribution in [3.63, 3.8) is 0 Å². The average molecular weight is 483 g/mol. The van der Waals surface area contributed by atoms with Gasteiger partial charge in [-0.15, -0.1) is 22.7 Å². The molecule has 3 heterocycles. The van der Waals surface area contributed by atoms with Crippen LogP contribution in [0.4, 0.5) is 11.8 Å². The molecule has 33 heavy (non-hydrogen) atoms. The molecule has 1 aromatic carbocycles. The first-order valence-electron chi connectivity index (χ1n) is 10.9. The Bertz CT molecular complexity index is 1210. The molecule has 1 aliphatic carbocycles. The average Bonchev–Trinajstić information content (AvgIpc) is 3.53. The molecule has 1 saturated carbocycles. The van der Waals surface area contributed by atoms with Crippen molar-refractivity contribution in [2.24, 2.45) is 5.92 Å². The number of aromatic nitrogens is 2. The van der Waals surface area contributed by atoms with Crippen LogP contribution >= 0.6 is 22.7 Å². The van der Waals surface area contributed by atoms with Crippen LogP contribution in [-0.4, -0.2) is 50.1 Å². The van der Waals surface area contributed by atoms with Gasteiger partial charge in [-0.2, -0.15) is 4.98 Å². The third kappa shape index (κ3) is 4.47. The highest BCUT2D eigenvalue weighted by atomic mass is 32.1. The van der Waals surface area contributed by atoms with E-state index in [1.54, 1.807) is 22.7 Å². The van der Waals surface area contributed by atoms with Crippen LogP contribution < -0.4 is 10.6 Å². The topological polar surface area (TPSA) is 111 Å². The fraction of sp³-hybridized carbons (Fsp3) is 0.333. The molecule has 1 fully saturated rings. The summed E-state index contributed by atoms with van der Waals surface area (Å²) in [4.78, 5) is 11.7. The molecule has 0 bridgehead atoms. The standard InChI is InChI=1S/C24H26N4O3S2/c1-13-20(19-10-14-5-2-3-7-18(14)33-19)23(27-17-9-15(12-29)21(30)22(17)31)28-24(26-13)25-11-16-6-4-8-32-16/h2-8,10,15,17,21-22,29-31H,9,11-12H2,1H3,(H2,25,26,27,28)/t15-,17-,21-,22+/m1/s1. The number of aliphatic hydroxyl groups excluding tert-OH is 3. The predicted octanol–water partition coefficient (Wildman–Crippen LogP) is 3.85. The molecule has 0 aliphatic heterocycles. The zero-order valence-corrected chi connectivity index (χ0v) is 19.7. The van der Waals surface area contributed by atoms with Crippen molar-refractivity contribution >= 4 is 44.5 Å². The van der Waals surface area contributed by atoms with Crippen molar-refractivity contribution in [2.75, 3.05) is 17.2 Å². The summed E-state index contributed by atoms with van der Waals surface area (Å²) in [5.41, 5.74) is 1.70. The van der Waals surface area contributed by atoms with Gasteiger partial charge >= 0.3 is 0 Å². The zero-order valence-electron chi connectivity index (χ0n) is 18.1. The molecule has 0 spiro atoms. The number of hydrogen-bond donors (Lipinski definition) is 5. The number of thiophene rings is 2. The minimum Gasteiger partial charge on any atom is -0.396 e. The molecule has 5 rings (SSSR count). The lowest BCUT2D eigenvalue weighted by molar-refractivity contribution is 0.00446. The number of fused-ring (bicyclic) bond motifs is 1. The second-order valence-electron chi connectivity index (χ2n) is 8.35. The molecule has 0 unspecified atom stereocenters. The Hall–Kier alpha value is -2.56. The summed E-state index contributed by atoms with van der Waals surface area (Å²) in [7, 11) is 0. The van der Waals surface area contributed by atoms with Crippen molar-refractivity contribution in [3.05, 3.63) is 58.4 Å². The lowest BCUT2D eigenvalue weighted by atomic mass is 10.1. The van der Waals surface area contributed by atoms with E-state index >= 15 is 0 Å². The van der Waals surface area contributed by atoms with Gasteiger partial charge in [-0.1, -0.05) is 24.3 Å². The van der Waals surface area contributed by atoms with Gasteiger partial charge in [0, 0.05) is 27.0 Å². The first-order valence-corrected chi connectivity index (χ1v) is 12.6. The minimum absolute atomic E-state index is 0.171. The number of aryl methyl sites for hydroxylation is 1. The molecule has 7 nitrogen and oxygen atoms in total. The number of benzene rings is 1. The van der Waals surface area contributed by atoms with Crippen molar-refractivity contribution in [3.8, 4) is 10.4 Å². The zero-order chi connectivity index (χ0) is 22.9. The highest BCUT2D eigenvalue weighted by Gasteiger charge is 2.41. The van der Waals surface area contributed by atoms with Crippen LogP contribution in [-0.2, 0) is 6.54 Å². The number of rotatable bonds is 7. The maximum Gasteiger partial charge on any atom is 0.225 e. The summed E-state index contributed by atoms with van der Waals surface area (Å²) in [6, 6.07) is 14.0. The molecule has 0 saturated heterocycles. The van der Waals surface area contributed by atoms with Crippen molar-refractivity contribution < 1.29 is 15.3 Å². The second kappa shape index (κ2) is 9.36. The smallest absolute Gasteiger partial charge is 0.225 e. The first-order chi connectivity index (χ1) is 16.0. The van der Waals surface area contributed by atoms with E-state index in [1.165, 1.54) is 9.58 Å². The van der Waals surface area contributed by atoms with Gasteiger partial charge in [-0.25, -0.2) is 4.98 Å². The molecule has 5 N–H and O–H groups in total. The fourth-order valence-electron chi connectivity index (χ4n) is 4.36. The first kappa shape index (κ1) is 22.2. The molecule has 172 valence electrons. The Morgan fingerprint density at radius 3 is 2.67 bits per heavy atom. The summed E-state index contributed by atoms with van der Waals surface area (Å²) in [5.74, 6) is 0.738. The van der Waals surface area contributed by atoms with E-state index in [4.69, 9.17) is 9.97 Å². The Morgan fingerprint density at radius 1 is 1.09 bits per heavy atom. The van der Waals surface area contributed by atoms with E-state index in [1.807, 2.05) is 30.5 Å². The van der Waals surface area contributed by atoms with Gasteiger partial charge in [0.2, 0.25) is 5.95 Å². The fourth-order valence-corrected chi connectivity index (χ4v) is 6.17. The highest BCUT2D eigenvalue weighted by Crippen LogP contribution is 2.40. The summed E-state index contributed by atoms with van der Waals surface area (Å²) < 4.78 is 1.18. The molecular weight excluding hydrogens is 456 g/mol.